The SMILES string of the molecule is CCc1ccc(C)c(OCc2ccccc2)c1. The molecule has 0 heterocycles. The van der Waals surface area contributed by atoms with Crippen LogP contribution in [0, 0.1) is 6.92 Å². The highest BCUT2D eigenvalue weighted by Gasteiger charge is 2.01. The standard InChI is InChI=1S/C16H18O/c1-3-14-10-9-13(2)16(11-14)17-12-15-7-5-4-6-8-15/h4-11H,3,12H2,1-2H3. The van der Waals surface area contributed by atoms with Gasteiger partial charge in [-0.1, -0.05) is 49.4 Å². The van der Waals surface area contributed by atoms with Crippen molar-refractivity contribution in [2.24, 2.45) is 0 Å². The molecule has 88 valence electrons. The first kappa shape index (κ1) is 11.7. The predicted octanol–water partition coefficient (Wildman–Crippen LogP) is 4.14. The molecule has 0 aliphatic rings. The van der Waals surface area contributed by atoms with Gasteiger partial charge < -0.3 is 4.74 Å². The number of aryl methyl sites for hydroxylation is 2. The molecule has 0 atom stereocenters. The molecular formula is C16H18O. The van der Waals surface area contributed by atoms with Crippen LogP contribution in [0.15, 0.2) is 48.5 Å². The second-order valence-corrected chi connectivity index (χ2v) is 4.23. The third-order valence-corrected chi connectivity index (χ3v) is 2.90. The average Bonchev–Trinajstić information content (AvgIpc) is 2.39. The van der Waals surface area contributed by atoms with Crippen LogP contribution < -0.4 is 4.74 Å². The Labute approximate surface area is 103 Å². The minimum atomic E-state index is 0.634. The van der Waals surface area contributed by atoms with Gasteiger partial charge in [0.1, 0.15) is 12.4 Å². The monoisotopic (exact) mass is 226 g/mol. The van der Waals surface area contributed by atoms with Crippen molar-refractivity contribution < 1.29 is 4.74 Å². The number of benzene rings is 2. The molecule has 0 aliphatic heterocycles. The smallest absolute Gasteiger partial charge is 0.122 e. The maximum Gasteiger partial charge on any atom is 0.122 e. The largest absolute Gasteiger partial charge is 0.489 e. The molecule has 0 radical (unpaired) electrons. The molecule has 0 aliphatic carbocycles. The van der Waals surface area contributed by atoms with E-state index in [1.807, 2.05) is 18.2 Å². The molecular weight excluding hydrogens is 208 g/mol. The Hall–Kier alpha value is -1.76. The van der Waals surface area contributed by atoms with Crippen molar-refractivity contribution in [3.63, 3.8) is 0 Å². The van der Waals surface area contributed by atoms with Crippen molar-refractivity contribution in [3.05, 3.63) is 65.2 Å². The molecule has 0 saturated heterocycles. The molecule has 0 saturated carbocycles. The van der Waals surface area contributed by atoms with Gasteiger partial charge in [-0.3, -0.25) is 0 Å². The van der Waals surface area contributed by atoms with Crippen molar-refractivity contribution in [2.75, 3.05) is 0 Å². The van der Waals surface area contributed by atoms with Crippen LogP contribution in [0.25, 0.3) is 0 Å². The van der Waals surface area contributed by atoms with Crippen LogP contribution in [-0.4, -0.2) is 0 Å². The van der Waals surface area contributed by atoms with Crippen LogP contribution in [0.3, 0.4) is 0 Å². The fourth-order valence-electron chi connectivity index (χ4n) is 1.76. The van der Waals surface area contributed by atoms with Gasteiger partial charge in [-0.15, -0.1) is 0 Å². The lowest BCUT2D eigenvalue weighted by atomic mass is 10.1. The molecule has 2 aromatic carbocycles. The van der Waals surface area contributed by atoms with E-state index in [1.54, 1.807) is 0 Å². The molecule has 2 aromatic rings. The summed E-state index contributed by atoms with van der Waals surface area (Å²) in [4.78, 5) is 0. The Bertz CT molecular complexity index is 474. The minimum Gasteiger partial charge on any atom is -0.489 e. The van der Waals surface area contributed by atoms with Gasteiger partial charge in [0, 0.05) is 0 Å². The maximum absolute atomic E-state index is 5.87. The predicted molar refractivity (Wildman–Crippen MR) is 71.3 cm³/mol. The van der Waals surface area contributed by atoms with E-state index >= 15 is 0 Å². The van der Waals surface area contributed by atoms with E-state index in [1.165, 1.54) is 16.7 Å². The first-order chi connectivity index (χ1) is 8.29. The molecule has 0 unspecified atom stereocenters. The van der Waals surface area contributed by atoms with E-state index in [-0.39, 0.29) is 0 Å². The summed E-state index contributed by atoms with van der Waals surface area (Å²) in [5.74, 6) is 0.994. The number of ether oxygens (including phenoxy) is 1. The molecule has 17 heavy (non-hydrogen) atoms. The first-order valence-corrected chi connectivity index (χ1v) is 6.06. The van der Waals surface area contributed by atoms with Crippen LogP contribution in [0.4, 0.5) is 0 Å². The van der Waals surface area contributed by atoms with Gasteiger partial charge in [0.15, 0.2) is 0 Å². The topological polar surface area (TPSA) is 9.23 Å². The van der Waals surface area contributed by atoms with E-state index in [4.69, 9.17) is 4.74 Å². The lowest BCUT2D eigenvalue weighted by molar-refractivity contribution is 0.304. The third-order valence-electron chi connectivity index (χ3n) is 2.90. The highest BCUT2D eigenvalue weighted by atomic mass is 16.5. The van der Waals surface area contributed by atoms with Gasteiger partial charge in [0.2, 0.25) is 0 Å². The van der Waals surface area contributed by atoms with E-state index in [0.717, 1.165) is 12.2 Å². The van der Waals surface area contributed by atoms with Crippen LogP contribution in [0.1, 0.15) is 23.6 Å². The summed E-state index contributed by atoms with van der Waals surface area (Å²) in [7, 11) is 0. The van der Waals surface area contributed by atoms with E-state index < -0.39 is 0 Å². The first-order valence-electron chi connectivity index (χ1n) is 6.06. The molecule has 1 nitrogen and oxygen atoms in total. The Balaban J connectivity index is 2.08. The lowest BCUT2D eigenvalue weighted by Crippen LogP contribution is -1.97. The van der Waals surface area contributed by atoms with Crippen molar-refractivity contribution >= 4 is 0 Å². The highest BCUT2D eigenvalue weighted by molar-refractivity contribution is 5.36. The molecule has 0 spiro atoms. The van der Waals surface area contributed by atoms with Crippen LogP contribution in [0.2, 0.25) is 0 Å². The fraction of sp³-hybridized carbons (Fsp3) is 0.250. The van der Waals surface area contributed by atoms with Gasteiger partial charge in [0.25, 0.3) is 0 Å². The van der Waals surface area contributed by atoms with Crippen LogP contribution in [-0.2, 0) is 13.0 Å². The summed E-state index contributed by atoms with van der Waals surface area (Å²) in [5, 5.41) is 0. The molecule has 0 aromatic heterocycles. The van der Waals surface area contributed by atoms with Crippen molar-refractivity contribution in [2.45, 2.75) is 26.9 Å². The summed E-state index contributed by atoms with van der Waals surface area (Å²) in [5.41, 5.74) is 3.71. The Kier molecular flexibility index (Phi) is 3.81. The van der Waals surface area contributed by atoms with E-state index in [9.17, 15) is 0 Å². The van der Waals surface area contributed by atoms with Crippen LogP contribution >= 0.6 is 0 Å². The zero-order chi connectivity index (χ0) is 12.1. The van der Waals surface area contributed by atoms with Crippen molar-refractivity contribution in [1.29, 1.82) is 0 Å². The van der Waals surface area contributed by atoms with Gasteiger partial charge in [0.05, 0.1) is 0 Å². The normalized spacial score (nSPS) is 10.2. The summed E-state index contributed by atoms with van der Waals surface area (Å²) in [6, 6.07) is 16.7. The van der Waals surface area contributed by atoms with Gasteiger partial charge in [-0.25, -0.2) is 0 Å². The minimum absolute atomic E-state index is 0.634. The fourth-order valence-corrected chi connectivity index (χ4v) is 1.76. The summed E-state index contributed by atoms with van der Waals surface area (Å²) in [6.45, 7) is 4.88. The lowest BCUT2D eigenvalue weighted by Gasteiger charge is -2.10. The summed E-state index contributed by atoms with van der Waals surface area (Å²) < 4.78 is 5.87. The quantitative estimate of drug-likeness (QED) is 0.761. The average molecular weight is 226 g/mol. The second kappa shape index (κ2) is 5.53. The number of rotatable bonds is 4. The Morgan fingerprint density at radius 3 is 2.41 bits per heavy atom. The van der Waals surface area contributed by atoms with Crippen molar-refractivity contribution in [3.8, 4) is 5.75 Å². The second-order valence-electron chi connectivity index (χ2n) is 4.23. The molecule has 0 fully saturated rings. The number of hydrogen-bond acceptors (Lipinski definition) is 1. The summed E-state index contributed by atoms with van der Waals surface area (Å²) >= 11 is 0. The molecule has 1 heteroatoms. The maximum atomic E-state index is 5.87. The van der Waals surface area contributed by atoms with Crippen LogP contribution in [0.5, 0.6) is 5.75 Å². The molecule has 2 rings (SSSR count). The highest BCUT2D eigenvalue weighted by Crippen LogP contribution is 2.21. The Morgan fingerprint density at radius 2 is 1.71 bits per heavy atom. The molecule has 0 N–H and O–H groups in total. The Morgan fingerprint density at radius 1 is 0.941 bits per heavy atom. The number of hydrogen-bond donors (Lipinski definition) is 0. The van der Waals surface area contributed by atoms with E-state index in [2.05, 4.69) is 44.2 Å². The molecule has 0 bridgehead atoms. The van der Waals surface area contributed by atoms with Gasteiger partial charge in [-0.05, 0) is 36.1 Å². The van der Waals surface area contributed by atoms with Crippen molar-refractivity contribution in [1.82, 2.24) is 0 Å². The van der Waals surface area contributed by atoms with E-state index in [0.29, 0.717) is 6.61 Å². The third kappa shape index (κ3) is 3.10. The van der Waals surface area contributed by atoms with Gasteiger partial charge in [-0.2, -0.15) is 0 Å². The zero-order valence-corrected chi connectivity index (χ0v) is 10.4. The zero-order valence-electron chi connectivity index (χ0n) is 10.4. The summed E-state index contributed by atoms with van der Waals surface area (Å²) in [6.07, 6.45) is 1.04. The van der Waals surface area contributed by atoms with Gasteiger partial charge >= 0.3 is 0 Å². The molecule has 0 amide bonds.